The highest BCUT2D eigenvalue weighted by atomic mass is 35.5. The SMILES string of the molecule is COCC(=O)Cc1ccc(F)c(Cl)c1. The number of carbonyl (C=O) groups is 1. The number of hydrogen-bond acceptors (Lipinski definition) is 2. The summed E-state index contributed by atoms with van der Waals surface area (Å²) in [6.45, 7) is 0.0645. The van der Waals surface area contributed by atoms with Crippen molar-refractivity contribution in [1.82, 2.24) is 0 Å². The molecule has 1 aromatic rings. The summed E-state index contributed by atoms with van der Waals surface area (Å²) in [6, 6.07) is 4.23. The fourth-order valence-corrected chi connectivity index (χ4v) is 1.29. The van der Waals surface area contributed by atoms with Crippen LogP contribution < -0.4 is 0 Å². The number of carbonyl (C=O) groups excluding carboxylic acids is 1. The van der Waals surface area contributed by atoms with E-state index < -0.39 is 5.82 Å². The first-order valence-corrected chi connectivity index (χ1v) is 4.46. The lowest BCUT2D eigenvalue weighted by Gasteiger charge is -2.01. The largest absolute Gasteiger partial charge is 0.377 e. The molecule has 0 radical (unpaired) electrons. The maximum Gasteiger partial charge on any atom is 0.162 e. The van der Waals surface area contributed by atoms with Gasteiger partial charge >= 0.3 is 0 Å². The Kier molecular flexibility index (Phi) is 4.04. The molecule has 0 fully saturated rings. The van der Waals surface area contributed by atoms with Crippen molar-refractivity contribution in [3.63, 3.8) is 0 Å². The van der Waals surface area contributed by atoms with Crippen molar-refractivity contribution in [2.45, 2.75) is 6.42 Å². The number of hydrogen-bond donors (Lipinski definition) is 0. The third-order valence-electron chi connectivity index (χ3n) is 1.69. The fourth-order valence-electron chi connectivity index (χ4n) is 1.09. The third kappa shape index (κ3) is 3.09. The summed E-state index contributed by atoms with van der Waals surface area (Å²) in [7, 11) is 1.45. The standard InChI is InChI=1S/C10H10ClFO2/c1-14-6-8(13)4-7-2-3-10(12)9(11)5-7/h2-3,5H,4,6H2,1H3. The van der Waals surface area contributed by atoms with Crippen LogP contribution in [0.4, 0.5) is 4.39 Å². The van der Waals surface area contributed by atoms with E-state index in [9.17, 15) is 9.18 Å². The second-order valence-electron chi connectivity index (χ2n) is 2.90. The molecule has 4 heteroatoms. The summed E-state index contributed by atoms with van der Waals surface area (Å²) < 4.78 is 17.4. The van der Waals surface area contributed by atoms with E-state index in [1.807, 2.05) is 0 Å². The second-order valence-corrected chi connectivity index (χ2v) is 3.30. The molecule has 0 unspecified atom stereocenters. The average Bonchev–Trinajstić information content (AvgIpc) is 2.12. The maximum atomic E-state index is 12.7. The monoisotopic (exact) mass is 216 g/mol. The Balaban J connectivity index is 2.68. The third-order valence-corrected chi connectivity index (χ3v) is 1.98. The minimum atomic E-state index is -0.477. The zero-order valence-electron chi connectivity index (χ0n) is 7.72. The summed E-state index contributed by atoms with van der Waals surface area (Å²) in [4.78, 5) is 11.1. The van der Waals surface area contributed by atoms with Crippen LogP contribution in [0.25, 0.3) is 0 Å². The lowest BCUT2D eigenvalue weighted by Crippen LogP contribution is -2.09. The van der Waals surface area contributed by atoms with Gasteiger partial charge in [-0.3, -0.25) is 4.79 Å². The van der Waals surface area contributed by atoms with E-state index in [1.54, 1.807) is 0 Å². The Morgan fingerprint density at radius 1 is 1.57 bits per heavy atom. The minimum absolute atomic E-state index is 0.0349. The van der Waals surface area contributed by atoms with Gasteiger partial charge in [-0.2, -0.15) is 0 Å². The molecule has 1 aromatic carbocycles. The van der Waals surface area contributed by atoms with Crippen molar-refractivity contribution >= 4 is 17.4 Å². The lowest BCUT2D eigenvalue weighted by molar-refractivity contribution is -0.121. The van der Waals surface area contributed by atoms with Crippen LogP contribution >= 0.6 is 11.6 Å². The number of ether oxygens (including phenoxy) is 1. The number of rotatable bonds is 4. The van der Waals surface area contributed by atoms with E-state index in [0.29, 0.717) is 5.56 Å². The summed E-state index contributed by atoms with van der Waals surface area (Å²) in [5, 5.41) is 0.0349. The van der Waals surface area contributed by atoms with Crippen LogP contribution in [0.5, 0.6) is 0 Å². The molecule has 1 rings (SSSR count). The van der Waals surface area contributed by atoms with Gasteiger partial charge in [0, 0.05) is 13.5 Å². The van der Waals surface area contributed by atoms with Gasteiger partial charge in [0.05, 0.1) is 5.02 Å². The molecule has 0 amide bonds. The van der Waals surface area contributed by atoms with E-state index in [1.165, 1.54) is 25.3 Å². The first-order chi connectivity index (χ1) is 6.63. The van der Waals surface area contributed by atoms with Crippen molar-refractivity contribution < 1.29 is 13.9 Å². The molecule has 0 aliphatic carbocycles. The van der Waals surface area contributed by atoms with Crippen LogP contribution in [0.2, 0.25) is 5.02 Å². The van der Waals surface area contributed by atoms with Gasteiger partial charge < -0.3 is 4.74 Å². The predicted octanol–water partition coefficient (Wildman–Crippen LogP) is 2.24. The minimum Gasteiger partial charge on any atom is -0.377 e. The molecule has 14 heavy (non-hydrogen) atoms. The lowest BCUT2D eigenvalue weighted by atomic mass is 10.1. The quantitative estimate of drug-likeness (QED) is 0.772. The Bertz CT molecular complexity index is 339. The molecule has 0 aliphatic heterocycles. The number of methoxy groups -OCH3 is 1. The topological polar surface area (TPSA) is 26.3 Å². The highest BCUT2D eigenvalue weighted by molar-refractivity contribution is 6.30. The summed E-state index contributed by atoms with van der Waals surface area (Å²) in [6.07, 6.45) is 0.216. The Labute approximate surface area is 86.6 Å². The van der Waals surface area contributed by atoms with Crippen LogP contribution in [0.15, 0.2) is 18.2 Å². The maximum absolute atomic E-state index is 12.7. The van der Waals surface area contributed by atoms with Gasteiger partial charge in [0.25, 0.3) is 0 Å². The normalized spacial score (nSPS) is 10.2. The van der Waals surface area contributed by atoms with Gasteiger partial charge in [-0.05, 0) is 17.7 Å². The molecular formula is C10H10ClFO2. The van der Waals surface area contributed by atoms with Crippen molar-refractivity contribution in [3.8, 4) is 0 Å². The molecule has 0 saturated carbocycles. The Hall–Kier alpha value is -0.930. The van der Waals surface area contributed by atoms with Crippen LogP contribution in [0, 0.1) is 5.82 Å². The highest BCUT2D eigenvalue weighted by Crippen LogP contribution is 2.16. The van der Waals surface area contributed by atoms with Crippen LogP contribution in [-0.2, 0) is 16.0 Å². The van der Waals surface area contributed by atoms with Gasteiger partial charge in [0.1, 0.15) is 12.4 Å². The molecule has 0 bridgehead atoms. The van der Waals surface area contributed by atoms with Crippen molar-refractivity contribution in [2.24, 2.45) is 0 Å². The molecule has 0 N–H and O–H groups in total. The summed E-state index contributed by atoms with van der Waals surface area (Å²) in [5.41, 5.74) is 0.693. The van der Waals surface area contributed by atoms with E-state index >= 15 is 0 Å². The average molecular weight is 217 g/mol. The zero-order valence-corrected chi connectivity index (χ0v) is 8.47. The molecule has 0 atom stereocenters. The van der Waals surface area contributed by atoms with E-state index in [0.717, 1.165) is 0 Å². The molecule has 76 valence electrons. The predicted molar refractivity (Wildman–Crippen MR) is 52.0 cm³/mol. The van der Waals surface area contributed by atoms with E-state index in [2.05, 4.69) is 4.74 Å². The van der Waals surface area contributed by atoms with Crippen molar-refractivity contribution in [1.29, 1.82) is 0 Å². The molecular weight excluding hydrogens is 207 g/mol. The van der Waals surface area contributed by atoms with E-state index in [4.69, 9.17) is 11.6 Å². The Morgan fingerprint density at radius 2 is 2.29 bits per heavy atom. The molecule has 0 aliphatic rings. The van der Waals surface area contributed by atoms with Crippen LogP contribution in [0.1, 0.15) is 5.56 Å². The summed E-state index contributed by atoms with van der Waals surface area (Å²) >= 11 is 5.56. The summed E-state index contributed by atoms with van der Waals surface area (Å²) in [5.74, 6) is -0.537. The first kappa shape index (κ1) is 11.1. The van der Waals surface area contributed by atoms with Gasteiger partial charge in [0.15, 0.2) is 5.78 Å². The fraction of sp³-hybridized carbons (Fsp3) is 0.300. The molecule has 2 nitrogen and oxygen atoms in total. The molecule has 0 spiro atoms. The first-order valence-electron chi connectivity index (χ1n) is 4.08. The van der Waals surface area contributed by atoms with Crippen LogP contribution in [-0.4, -0.2) is 19.5 Å². The highest BCUT2D eigenvalue weighted by Gasteiger charge is 2.05. The van der Waals surface area contributed by atoms with Crippen molar-refractivity contribution in [3.05, 3.63) is 34.6 Å². The number of halogens is 2. The van der Waals surface area contributed by atoms with E-state index in [-0.39, 0.29) is 23.8 Å². The second kappa shape index (κ2) is 5.08. The van der Waals surface area contributed by atoms with Gasteiger partial charge in [-0.25, -0.2) is 4.39 Å². The van der Waals surface area contributed by atoms with Gasteiger partial charge in [-0.15, -0.1) is 0 Å². The van der Waals surface area contributed by atoms with Gasteiger partial charge in [-0.1, -0.05) is 17.7 Å². The Morgan fingerprint density at radius 3 is 2.86 bits per heavy atom. The van der Waals surface area contributed by atoms with Crippen molar-refractivity contribution in [2.75, 3.05) is 13.7 Å². The zero-order chi connectivity index (χ0) is 10.6. The number of benzene rings is 1. The van der Waals surface area contributed by atoms with Gasteiger partial charge in [0.2, 0.25) is 0 Å². The van der Waals surface area contributed by atoms with Crippen LogP contribution in [0.3, 0.4) is 0 Å². The molecule has 0 aromatic heterocycles. The number of Topliss-reactive ketones (excluding diaryl/α,β-unsaturated/α-hetero) is 1. The smallest absolute Gasteiger partial charge is 0.162 e. The molecule has 0 heterocycles. The molecule has 0 saturated heterocycles. The number of ketones is 1.